The number of hydrogen-bond donors (Lipinski definition) is 1. The Morgan fingerprint density at radius 3 is 2.33 bits per heavy atom. The molecule has 3 aromatic rings. The van der Waals surface area contributed by atoms with Gasteiger partial charge in [0.2, 0.25) is 0 Å². The van der Waals surface area contributed by atoms with Gasteiger partial charge in [0.1, 0.15) is 0 Å². The number of aryl methyl sites for hydroxylation is 2. The van der Waals surface area contributed by atoms with Crippen LogP contribution in [-0.4, -0.2) is 14.3 Å². The summed E-state index contributed by atoms with van der Waals surface area (Å²) >= 11 is 1.29. The van der Waals surface area contributed by atoms with Gasteiger partial charge in [-0.1, -0.05) is 60.3 Å². The van der Waals surface area contributed by atoms with Gasteiger partial charge >= 0.3 is 0 Å². The van der Waals surface area contributed by atoms with Crippen LogP contribution in [0.5, 0.6) is 0 Å². The van der Waals surface area contributed by atoms with E-state index < -0.39 is 9.84 Å². The van der Waals surface area contributed by atoms with Gasteiger partial charge in [-0.15, -0.1) is 0 Å². The van der Waals surface area contributed by atoms with E-state index in [2.05, 4.69) is 5.32 Å². The molecule has 1 N–H and O–H groups in total. The Bertz CT molecular complexity index is 1240. The first kappa shape index (κ1) is 20.4. The number of rotatable bonds is 4. The number of carbonyl (C=O) groups is 1. The van der Waals surface area contributed by atoms with E-state index in [9.17, 15) is 13.2 Å². The molecule has 0 atom stereocenters. The molecular weight excluding hydrogens is 414 g/mol. The van der Waals surface area contributed by atoms with Gasteiger partial charge in [-0.05, 0) is 60.4 Å². The summed E-state index contributed by atoms with van der Waals surface area (Å²) in [6, 6.07) is 20.2. The van der Waals surface area contributed by atoms with Crippen LogP contribution < -0.4 is 5.32 Å². The van der Waals surface area contributed by atoms with Crippen LogP contribution in [0.15, 0.2) is 81.4 Å². The lowest BCUT2D eigenvalue weighted by Gasteiger charge is -2.20. The normalized spacial score (nSPS) is 15.0. The minimum atomic E-state index is -3.53. The molecule has 0 aliphatic carbocycles. The van der Waals surface area contributed by atoms with Crippen molar-refractivity contribution in [1.82, 2.24) is 0 Å². The fourth-order valence-corrected chi connectivity index (χ4v) is 6.02. The Morgan fingerprint density at radius 2 is 1.63 bits per heavy atom. The molecule has 0 spiro atoms. The minimum Gasteiger partial charge on any atom is -0.320 e. The summed E-state index contributed by atoms with van der Waals surface area (Å²) in [7, 11) is -3.53. The van der Waals surface area contributed by atoms with Crippen molar-refractivity contribution in [1.29, 1.82) is 0 Å². The third kappa shape index (κ3) is 4.20. The zero-order valence-electron chi connectivity index (χ0n) is 16.7. The van der Waals surface area contributed by atoms with Crippen molar-refractivity contribution >= 4 is 39.3 Å². The molecule has 0 saturated carbocycles. The lowest BCUT2D eigenvalue weighted by Crippen LogP contribution is -2.17. The van der Waals surface area contributed by atoms with Gasteiger partial charge in [0, 0.05) is 4.90 Å². The fraction of sp³-hybridized carbons (Fsp3) is 0.125. The quantitative estimate of drug-likeness (QED) is 0.560. The highest BCUT2D eigenvalue weighted by Crippen LogP contribution is 2.40. The van der Waals surface area contributed by atoms with Crippen LogP contribution in [0.3, 0.4) is 0 Å². The summed E-state index contributed by atoms with van der Waals surface area (Å²) < 4.78 is 26.2. The van der Waals surface area contributed by atoms with Gasteiger partial charge < -0.3 is 5.32 Å². The molecule has 0 radical (unpaired) electrons. The molecule has 6 heteroatoms. The highest BCUT2D eigenvalue weighted by atomic mass is 32.2. The molecule has 1 amide bonds. The van der Waals surface area contributed by atoms with Crippen molar-refractivity contribution < 1.29 is 13.2 Å². The predicted molar refractivity (Wildman–Crippen MR) is 122 cm³/mol. The van der Waals surface area contributed by atoms with E-state index >= 15 is 0 Å². The second kappa shape index (κ2) is 8.13. The molecule has 4 nitrogen and oxygen atoms in total. The number of fused-ring (bicyclic) bond motifs is 1. The molecule has 1 aliphatic rings. The number of benzene rings is 3. The molecule has 152 valence electrons. The molecule has 4 rings (SSSR count). The van der Waals surface area contributed by atoms with Crippen LogP contribution in [0.2, 0.25) is 0 Å². The molecule has 1 heterocycles. The number of anilines is 1. The predicted octanol–water partition coefficient (Wildman–Crippen LogP) is 5.36. The molecule has 30 heavy (non-hydrogen) atoms. The standard InChI is InChI=1S/C24H21NO3S2/c1-16-7-6-8-17(2)20(16)15-30(27,28)19-11-12-21-22(14-19)29-23(24(26)25-21)13-18-9-4-3-5-10-18/h3-14H,15H2,1-2H3,(H,25,26)/b23-13+. The summed E-state index contributed by atoms with van der Waals surface area (Å²) in [4.78, 5) is 13.9. The van der Waals surface area contributed by atoms with Gasteiger partial charge in [-0.25, -0.2) is 8.42 Å². The van der Waals surface area contributed by atoms with Gasteiger partial charge in [0.15, 0.2) is 9.84 Å². The maximum Gasteiger partial charge on any atom is 0.262 e. The number of thioether (sulfide) groups is 1. The lowest BCUT2D eigenvalue weighted by atomic mass is 10.1. The van der Waals surface area contributed by atoms with Crippen LogP contribution in [-0.2, 0) is 20.4 Å². The Kier molecular flexibility index (Phi) is 5.54. The van der Waals surface area contributed by atoms with E-state index in [1.54, 1.807) is 24.3 Å². The molecule has 0 fully saturated rings. The number of hydrogen-bond acceptors (Lipinski definition) is 4. The first-order valence-corrected chi connectivity index (χ1v) is 12.0. The minimum absolute atomic E-state index is 0.0476. The lowest BCUT2D eigenvalue weighted by molar-refractivity contribution is -0.112. The summed E-state index contributed by atoms with van der Waals surface area (Å²) in [6.45, 7) is 3.85. The highest BCUT2D eigenvalue weighted by molar-refractivity contribution is 8.04. The largest absolute Gasteiger partial charge is 0.320 e. The summed E-state index contributed by atoms with van der Waals surface area (Å²) in [5.74, 6) is -0.240. The van der Waals surface area contributed by atoms with Crippen molar-refractivity contribution in [3.63, 3.8) is 0 Å². The third-order valence-electron chi connectivity index (χ3n) is 5.08. The number of nitrogens with one attached hydrogen (secondary N) is 1. The molecule has 1 aliphatic heterocycles. The zero-order chi connectivity index (χ0) is 21.3. The van der Waals surface area contributed by atoms with Gasteiger partial charge in [0.25, 0.3) is 5.91 Å². The zero-order valence-corrected chi connectivity index (χ0v) is 18.3. The summed E-state index contributed by atoms with van der Waals surface area (Å²) in [5.41, 5.74) is 4.30. The van der Waals surface area contributed by atoms with Crippen LogP contribution >= 0.6 is 11.8 Å². The maximum atomic E-state index is 13.1. The van der Waals surface area contributed by atoms with Crippen molar-refractivity contribution in [3.05, 3.63) is 93.9 Å². The Morgan fingerprint density at radius 1 is 0.933 bits per heavy atom. The molecule has 0 aromatic heterocycles. The highest BCUT2D eigenvalue weighted by Gasteiger charge is 2.24. The van der Waals surface area contributed by atoms with Gasteiger partial charge in [0.05, 0.1) is 21.2 Å². The number of carbonyl (C=O) groups excluding carboxylic acids is 1. The second-order valence-electron chi connectivity index (χ2n) is 7.26. The molecule has 0 bridgehead atoms. The third-order valence-corrected chi connectivity index (χ3v) is 7.80. The maximum absolute atomic E-state index is 13.1. The SMILES string of the molecule is Cc1cccc(C)c1CS(=O)(=O)c1ccc2c(c1)S/C(=C/c1ccccc1)C(=O)N2. The van der Waals surface area contributed by atoms with Crippen molar-refractivity contribution in [2.24, 2.45) is 0 Å². The summed E-state index contributed by atoms with van der Waals surface area (Å²) in [5, 5.41) is 2.85. The van der Waals surface area contributed by atoms with Crippen LogP contribution in [0.25, 0.3) is 6.08 Å². The number of sulfone groups is 1. The van der Waals surface area contributed by atoms with Gasteiger partial charge in [-0.3, -0.25) is 4.79 Å². The average molecular weight is 436 g/mol. The topological polar surface area (TPSA) is 63.2 Å². The molecule has 0 unspecified atom stereocenters. The first-order chi connectivity index (χ1) is 14.3. The Labute approximate surface area is 180 Å². The van der Waals surface area contributed by atoms with E-state index in [4.69, 9.17) is 0 Å². The van der Waals surface area contributed by atoms with E-state index in [-0.39, 0.29) is 16.6 Å². The Balaban J connectivity index is 1.66. The van der Waals surface area contributed by atoms with Crippen molar-refractivity contribution in [2.75, 3.05) is 5.32 Å². The van der Waals surface area contributed by atoms with Crippen molar-refractivity contribution in [3.8, 4) is 0 Å². The monoisotopic (exact) mass is 435 g/mol. The smallest absolute Gasteiger partial charge is 0.262 e. The fourth-order valence-electron chi connectivity index (χ4n) is 3.38. The summed E-state index contributed by atoms with van der Waals surface area (Å²) in [6.07, 6.45) is 1.81. The molecule has 3 aromatic carbocycles. The van der Waals surface area contributed by atoms with E-state index in [1.165, 1.54) is 11.8 Å². The van der Waals surface area contributed by atoms with E-state index in [0.29, 0.717) is 10.6 Å². The van der Waals surface area contributed by atoms with E-state index in [0.717, 1.165) is 27.1 Å². The van der Waals surface area contributed by atoms with Crippen LogP contribution in [0.1, 0.15) is 22.3 Å². The Hall–Kier alpha value is -2.83. The molecule has 0 saturated heterocycles. The van der Waals surface area contributed by atoms with Gasteiger partial charge in [-0.2, -0.15) is 0 Å². The second-order valence-corrected chi connectivity index (χ2v) is 10.3. The molecular formula is C24H21NO3S2. The first-order valence-electron chi connectivity index (χ1n) is 9.51. The van der Waals surface area contributed by atoms with Crippen LogP contribution in [0, 0.1) is 13.8 Å². The van der Waals surface area contributed by atoms with E-state index in [1.807, 2.05) is 62.4 Å². The van der Waals surface area contributed by atoms with Crippen LogP contribution in [0.4, 0.5) is 5.69 Å². The number of amides is 1. The average Bonchev–Trinajstić information content (AvgIpc) is 2.72. The van der Waals surface area contributed by atoms with Crippen molar-refractivity contribution in [2.45, 2.75) is 29.4 Å².